The molecule has 0 spiro atoms. The lowest BCUT2D eigenvalue weighted by atomic mass is 10.2. The molecule has 0 saturated heterocycles. The normalized spacial score (nSPS) is 10.6. The molecule has 0 aliphatic carbocycles. The van der Waals surface area contributed by atoms with Crippen LogP contribution in [-0.4, -0.2) is 32.8 Å². The molecule has 184 valence electrons. The molecule has 0 aliphatic rings. The topological polar surface area (TPSA) is 124 Å². The van der Waals surface area contributed by atoms with Crippen molar-refractivity contribution >= 4 is 29.2 Å². The van der Waals surface area contributed by atoms with Crippen LogP contribution in [0.15, 0.2) is 78.0 Å². The summed E-state index contributed by atoms with van der Waals surface area (Å²) in [6.07, 6.45) is 0. The van der Waals surface area contributed by atoms with Gasteiger partial charge in [0.15, 0.2) is 11.0 Å². The van der Waals surface area contributed by atoms with Crippen molar-refractivity contribution in [3.63, 3.8) is 0 Å². The third-order valence-corrected chi connectivity index (χ3v) is 6.24. The monoisotopic (exact) mass is 504 g/mol. The Labute approximate surface area is 211 Å². The SMILES string of the molecule is COc1cccc(CSc2nnc(CNC(=O)Nc3ccc([N+](=O)[O-])cc3)n2-c2ccc(C)cc2)c1. The van der Waals surface area contributed by atoms with Gasteiger partial charge in [0.05, 0.1) is 18.6 Å². The van der Waals surface area contributed by atoms with Crippen molar-refractivity contribution in [2.24, 2.45) is 0 Å². The number of nitro groups is 1. The molecule has 0 fully saturated rings. The first-order chi connectivity index (χ1) is 17.4. The van der Waals surface area contributed by atoms with E-state index in [0.717, 1.165) is 22.6 Å². The molecular formula is C25H24N6O4S. The molecule has 3 aromatic carbocycles. The summed E-state index contributed by atoms with van der Waals surface area (Å²) in [5.41, 5.74) is 3.48. The lowest BCUT2D eigenvalue weighted by Crippen LogP contribution is -2.29. The van der Waals surface area contributed by atoms with E-state index in [1.54, 1.807) is 7.11 Å². The van der Waals surface area contributed by atoms with Crippen LogP contribution in [0, 0.1) is 17.0 Å². The molecule has 1 heterocycles. The van der Waals surface area contributed by atoms with E-state index in [1.165, 1.54) is 36.0 Å². The molecule has 4 rings (SSSR count). The highest BCUT2D eigenvalue weighted by molar-refractivity contribution is 7.98. The third-order valence-electron chi connectivity index (χ3n) is 5.24. The molecular weight excluding hydrogens is 480 g/mol. The smallest absolute Gasteiger partial charge is 0.319 e. The number of carbonyl (C=O) groups is 1. The number of anilines is 1. The first-order valence-electron chi connectivity index (χ1n) is 11.0. The summed E-state index contributed by atoms with van der Waals surface area (Å²) in [6, 6.07) is 20.9. The van der Waals surface area contributed by atoms with Gasteiger partial charge in [0, 0.05) is 29.3 Å². The minimum absolute atomic E-state index is 0.0499. The number of carbonyl (C=O) groups excluding carboxylic acids is 1. The van der Waals surface area contributed by atoms with Gasteiger partial charge in [0.25, 0.3) is 5.69 Å². The number of urea groups is 1. The number of ether oxygens (including phenoxy) is 1. The Bertz CT molecular complexity index is 1360. The first-order valence-corrected chi connectivity index (χ1v) is 12.0. The second kappa shape index (κ2) is 11.4. The highest BCUT2D eigenvalue weighted by Gasteiger charge is 2.16. The Morgan fingerprint density at radius 3 is 2.53 bits per heavy atom. The molecule has 2 amide bonds. The van der Waals surface area contributed by atoms with Gasteiger partial charge >= 0.3 is 6.03 Å². The van der Waals surface area contributed by atoms with Gasteiger partial charge in [-0.3, -0.25) is 14.7 Å². The van der Waals surface area contributed by atoms with Crippen LogP contribution in [0.5, 0.6) is 5.75 Å². The van der Waals surface area contributed by atoms with Crippen molar-refractivity contribution in [3.8, 4) is 11.4 Å². The number of nitrogens with one attached hydrogen (secondary N) is 2. The summed E-state index contributed by atoms with van der Waals surface area (Å²) in [6.45, 7) is 2.14. The van der Waals surface area contributed by atoms with Crippen molar-refractivity contribution in [1.29, 1.82) is 0 Å². The molecule has 36 heavy (non-hydrogen) atoms. The number of thioether (sulfide) groups is 1. The molecule has 0 unspecified atom stereocenters. The predicted octanol–water partition coefficient (Wildman–Crippen LogP) is 5.11. The van der Waals surface area contributed by atoms with Gasteiger partial charge in [-0.25, -0.2) is 4.79 Å². The Morgan fingerprint density at radius 1 is 1.08 bits per heavy atom. The van der Waals surface area contributed by atoms with Crippen LogP contribution >= 0.6 is 11.8 Å². The van der Waals surface area contributed by atoms with Crippen LogP contribution < -0.4 is 15.4 Å². The molecule has 0 saturated carbocycles. The number of non-ortho nitro benzene ring substituents is 1. The second-order valence-electron chi connectivity index (χ2n) is 7.82. The fraction of sp³-hybridized carbons (Fsp3) is 0.160. The molecule has 2 N–H and O–H groups in total. The zero-order valence-corrected chi connectivity index (χ0v) is 20.5. The fourth-order valence-corrected chi connectivity index (χ4v) is 4.29. The molecule has 0 aliphatic heterocycles. The predicted molar refractivity (Wildman–Crippen MR) is 138 cm³/mol. The van der Waals surface area contributed by atoms with Gasteiger partial charge in [-0.1, -0.05) is 41.6 Å². The van der Waals surface area contributed by atoms with E-state index >= 15 is 0 Å². The van der Waals surface area contributed by atoms with E-state index in [2.05, 4.69) is 20.8 Å². The van der Waals surface area contributed by atoms with Crippen LogP contribution in [0.1, 0.15) is 17.0 Å². The Kier molecular flexibility index (Phi) is 7.81. The van der Waals surface area contributed by atoms with Crippen LogP contribution in [0.4, 0.5) is 16.2 Å². The van der Waals surface area contributed by atoms with Gasteiger partial charge in [0.2, 0.25) is 0 Å². The van der Waals surface area contributed by atoms with E-state index in [0.29, 0.717) is 22.4 Å². The van der Waals surface area contributed by atoms with Gasteiger partial charge in [-0.2, -0.15) is 0 Å². The summed E-state index contributed by atoms with van der Waals surface area (Å²) in [5.74, 6) is 2.01. The van der Waals surface area contributed by atoms with E-state index in [4.69, 9.17) is 4.74 Å². The Morgan fingerprint density at radius 2 is 1.83 bits per heavy atom. The molecule has 0 radical (unpaired) electrons. The van der Waals surface area contributed by atoms with E-state index in [-0.39, 0.29) is 12.2 Å². The quantitative estimate of drug-likeness (QED) is 0.184. The highest BCUT2D eigenvalue weighted by atomic mass is 32.2. The van der Waals surface area contributed by atoms with Crippen molar-refractivity contribution in [1.82, 2.24) is 20.1 Å². The van der Waals surface area contributed by atoms with Gasteiger partial charge in [0.1, 0.15) is 5.75 Å². The molecule has 0 bridgehead atoms. The van der Waals surface area contributed by atoms with Crippen LogP contribution in [-0.2, 0) is 12.3 Å². The number of aromatic nitrogens is 3. The van der Waals surface area contributed by atoms with Crippen LogP contribution in [0.3, 0.4) is 0 Å². The second-order valence-corrected chi connectivity index (χ2v) is 8.76. The maximum absolute atomic E-state index is 12.4. The van der Waals surface area contributed by atoms with E-state index in [9.17, 15) is 14.9 Å². The molecule has 4 aromatic rings. The average molecular weight is 505 g/mol. The minimum atomic E-state index is -0.494. The summed E-state index contributed by atoms with van der Waals surface area (Å²) < 4.78 is 7.22. The van der Waals surface area contributed by atoms with Gasteiger partial charge < -0.3 is 15.4 Å². The number of methoxy groups -OCH3 is 1. The van der Waals surface area contributed by atoms with Gasteiger partial charge in [-0.05, 0) is 48.9 Å². The number of nitrogens with zero attached hydrogens (tertiary/aromatic N) is 4. The van der Waals surface area contributed by atoms with Crippen LogP contribution in [0.2, 0.25) is 0 Å². The summed E-state index contributed by atoms with van der Waals surface area (Å²) in [5, 5.41) is 25.6. The largest absolute Gasteiger partial charge is 0.497 e. The maximum atomic E-state index is 12.4. The Balaban J connectivity index is 1.48. The zero-order valence-electron chi connectivity index (χ0n) is 19.7. The summed E-state index contributed by atoms with van der Waals surface area (Å²) in [7, 11) is 1.64. The van der Waals surface area contributed by atoms with Crippen molar-refractivity contribution in [2.45, 2.75) is 24.4 Å². The third kappa shape index (κ3) is 6.19. The zero-order chi connectivity index (χ0) is 25.5. The molecule has 1 aromatic heterocycles. The van der Waals surface area contributed by atoms with Crippen molar-refractivity contribution in [2.75, 3.05) is 12.4 Å². The molecule has 0 atom stereocenters. The van der Waals surface area contributed by atoms with Gasteiger partial charge in [-0.15, -0.1) is 10.2 Å². The Hall–Kier alpha value is -4.38. The number of rotatable bonds is 9. The number of nitro benzene ring substituents is 1. The minimum Gasteiger partial charge on any atom is -0.497 e. The number of hydrogen-bond donors (Lipinski definition) is 2. The average Bonchev–Trinajstić information content (AvgIpc) is 3.30. The number of amides is 2. The lowest BCUT2D eigenvalue weighted by Gasteiger charge is -2.12. The highest BCUT2D eigenvalue weighted by Crippen LogP contribution is 2.27. The number of hydrogen-bond acceptors (Lipinski definition) is 7. The number of aryl methyl sites for hydroxylation is 1. The van der Waals surface area contributed by atoms with Crippen LogP contribution in [0.25, 0.3) is 5.69 Å². The summed E-state index contributed by atoms with van der Waals surface area (Å²) >= 11 is 1.53. The first kappa shape index (κ1) is 24.7. The maximum Gasteiger partial charge on any atom is 0.319 e. The van der Waals surface area contributed by atoms with E-state index < -0.39 is 11.0 Å². The summed E-state index contributed by atoms with van der Waals surface area (Å²) in [4.78, 5) is 22.8. The van der Waals surface area contributed by atoms with Crippen molar-refractivity contribution in [3.05, 3.63) is 99.9 Å². The molecule has 10 nitrogen and oxygen atoms in total. The van der Waals surface area contributed by atoms with Crippen molar-refractivity contribution < 1.29 is 14.5 Å². The molecule has 11 heteroatoms. The fourth-order valence-electron chi connectivity index (χ4n) is 3.37. The standard InChI is InChI=1S/C25H24N6O4S/c1-17-6-10-20(11-7-17)30-23(15-26-24(32)27-19-8-12-21(13-9-19)31(33)34)28-29-25(30)36-16-18-4-3-5-22(14-18)35-2/h3-14H,15-16H2,1-2H3,(H2,26,27,32). The van der Waals surface area contributed by atoms with E-state index in [1.807, 2.05) is 60.0 Å². The number of benzene rings is 3. The lowest BCUT2D eigenvalue weighted by molar-refractivity contribution is -0.384.